The molecule has 0 aliphatic carbocycles. The molecule has 0 spiro atoms. The summed E-state index contributed by atoms with van der Waals surface area (Å²) in [6.45, 7) is 1.55. The molecule has 2 heterocycles. The van der Waals surface area contributed by atoms with E-state index in [4.69, 9.17) is 4.42 Å². The first-order valence-electron chi connectivity index (χ1n) is 4.76. The van der Waals surface area contributed by atoms with Crippen molar-refractivity contribution in [3.8, 4) is 5.88 Å². The molecule has 2 aromatic rings. The van der Waals surface area contributed by atoms with Crippen LogP contribution in [-0.2, 0) is 6.54 Å². The fourth-order valence-electron chi connectivity index (χ4n) is 1.41. The number of aromatic amines is 1. The fraction of sp³-hybridized carbons (Fsp3) is 0.200. The van der Waals surface area contributed by atoms with Crippen LogP contribution < -0.4 is 11.2 Å². The summed E-state index contributed by atoms with van der Waals surface area (Å²) in [6, 6.07) is 3.25. The van der Waals surface area contributed by atoms with Gasteiger partial charge < -0.3 is 9.52 Å². The van der Waals surface area contributed by atoms with Gasteiger partial charge in [-0.1, -0.05) is 0 Å². The van der Waals surface area contributed by atoms with E-state index in [0.29, 0.717) is 16.1 Å². The molecule has 0 radical (unpaired) electrons. The molecule has 0 saturated heterocycles. The van der Waals surface area contributed by atoms with E-state index in [9.17, 15) is 19.1 Å². The van der Waals surface area contributed by atoms with E-state index in [-0.39, 0.29) is 6.54 Å². The third-order valence-electron chi connectivity index (χ3n) is 2.23. The van der Waals surface area contributed by atoms with Gasteiger partial charge in [-0.05, 0) is 19.1 Å². The Hall–Kier alpha value is -2.31. The SMILES string of the molecule is Cc1ccc(Cn2c(O)c(F)c(=O)[nH]c2=O)o1. The topological polar surface area (TPSA) is 88.2 Å². The second kappa shape index (κ2) is 3.93. The second-order valence-electron chi connectivity index (χ2n) is 3.50. The van der Waals surface area contributed by atoms with Gasteiger partial charge in [0.2, 0.25) is 11.7 Å². The number of aryl methyl sites for hydroxylation is 1. The lowest BCUT2D eigenvalue weighted by atomic mass is 10.4. The number of H-pyrrole nitrogens is 1. The molecule has 7 heteroatoms. The Morgan fingerprint density at radius 3 is 2.76 bits per heavy atom. The van der Waals surface area contributed by atoms with E-state index in [1.54, 1.807) is 24.0 Å². The summed E-state index contributed by atoms with van der Waals surface area (Å²) in [5, 5.41) is 9.35. The minimum Gasteiger partial charge on any atom is -0.492 e. The fourth-order valence-corrected chi connectivity index (χ4v) is 1.41. The number of aromatic nitrogens is 2. The molecule has 0 aromatic carbocycles. The summed E-state index contributed by atoms with van der Waals surface area (Å²) in [5.41, 5.74) is -2.15. The lowest BCUT2D eigenvalue weighted by molar-refractivity contribution is 0.356. The van der Waals surface area contributed by atoms with Crippen molar-refractivity contribution in [1.82, 2.24) is 9.55 Å². The van der Waals surface area contributed by atoms with Crippen molar-refractivity contribution in [2.24, 2.45) is 0 Å². The van der Waals surface area contributed by atoms with Gasteiger partial charge in [0.05, 0.1) is 6.54 Å². The summed E-state index contributed by atoms with van der Waals surface area (Å²) in [6.07, 6.45) is 0. The van der Waals surface area contributed by atoms with Crippen molar-refractivity contribution < 1.29 is 13.9 Å². The molecule has 2 N–H and O–H groups in total. The van der Waals surface area contributed by atoms with Gasteiger partial charge in [0.15, 0.2) is 0 Å². The lowest BCUT2D eigenvalue weighted by Gasteiger charge is -2.05. The molecule has 90 valence electrons. The van der Waals surface area contributed by atoms with Crippen molar-refractivity contribution in [3.63, 3.8) is 0 Å². The normalized spacial score (nSPS) is 10.7. The Balaban J connectivity index is 2.50. The number of aromatic hydroxyl groups is 1. The number of furan rings is 1. The largest absolute Gasteiger partial charge is 0.492 e. The van der Waals surface area contributed by atoms with Crippen LogP contribution in [0.15, 0.2) is 26.1 Å². The molecule has 0 atom stereocenters. The maximum absolute atomic E-state index is 13.1. The van der Waals surface area contributed by atoms with Crippen LogP contribution in [-0.4, -0.2) is 14.7 Å². The first kappa shape index (κ1) is 11.2. The summed E-state index contributed by atoms with van der Waals surface area (Å²) >= 11 is 0. The van der Waals surface area contributed by atoms with Crippen LogP contribution in [0.1, 0.15) is 11.5 Å². The molecule has 2 rings (SSSR count). The Kier molecular flexibility index (Phi) is 2.58. The van der Waals surface area contributed by atoms with Crippen LogP contribution in [0, 0.1) is 12.7 Å². The monoisotopic (exact) mass is 240 g/mol. The van der Waals surface area contributed by atoms with E-state index in [0.717, 1.165) is 0 Å². The number of nitrogens with zero attached hydrogens (tertiary/aromatic N) is 1. The van der Waals surface area contributed by atoms with Crippen molar-refractivity contribution in [3.05, 3.63) is 50.3 Å². The molecule has 6 nitrogen and oxygen atoms in total. The van der Waals surface area contributed by atoms with Gasteiger partial charge in [-0.2, -0.15) is 4.39 Å². The average Bonchev–Trinajstić information content (AvgIpc) is 2.67. The second-order valence-corrected chi connectivity index (χ2v) is 3.50. The maximum Gasteiger partial charge on any atom is 0.331 e. The molecule has 0 saturated carbocycles. The van der Waals surface area contributed by atoms with Crippen LogP contribution in [0.2, 0.25) is 0 Å². The van der Waals surface area contributed by atoms with Crippen molar-refractivity contribution in [2.45, 2.75) is 13.5 Å². The van der Waals surface area contributed by atoms with E-state index < -0.39 is 22.9 Å². The zero-order chi connectivity index (χ0) is 12.6. The molecule has 0 amide bonds. The minimum absolute atomic E-state index is 0.161. The standard InChI is InChI=1S/C10H9FN2O4/c1-5-2-3-6(17-5)4-13-9(15)7(11)8(14)12-10(13)16/h2-3,15H,4H2,1H3,(H,12,14,16). The minimum atomic E-state index is -1.40. The van der Waals surface area contributed by atoms with Gasteiger partial charge in [-0.3, -0.25) is 14.3 Å². The van der Waals surface area contributed by atoms with Crippen molar-refractivity contribution >= 4 is 0 Å². The predicted molar refractivity (Wildman–Crippen MR) is 55.5 cm³/mol. The zero-order valence-corrected chi connectivity index (χ0v) is 8.86. The average molecular weight is 240 g/mol. The Morgan fingerprint density at radius 1 is 1.47 bits per heavy atom. The Bertz CT molecular complexity index is 668. The van der Waals surface area contributed by atoms with E-state index in [2.05, 4.69) is 0 Å². The van der Waals surface area contributed by atoms with Gasteiger partial charge in [-0.25, -0.2) is 4.79 Å². The molecule has 17 heavy (non-hydrogen) atoms. The van der Waals surface area contributed by atoms with Crippen LogP contribution in [0.3, 0.4) is 0 Å². The summed E-state index contributed by atoms with van der Waals surface area (Å²) in [7, 11) is 0. The number of hydrogen-bond acceptors (Lipinski definition) is 4. The van der Waals surface area contributed by atoms with E-state index >= 15 is 0 Å². The summed E-state index contributed by atoms with van der Waals surface area (Å²) < 4.78 is 19.0. The Morgan fingerprint density at radius 2 is 2.18 bits per heavy atom. The molecule has 0 bridgehead atoms. The highest BCUT2D eigenvalue weighted by Gasteiger charge is 2.14. The van der Waals surface area contributed by atoms with Gasteiger partial charge in [0, 0.05) is 0 Å². The summed E-state index contributed by atoms with van der Waals surface area (Å²) in [4.78, 5) is 24.0. The molecule has 0 unspecified atom stereocenters. The molecular formula is C10H9FN2O4. The zero-order valence-electron chi connectivity index (χ0n) is 8.86. The quantitative estimate of drug-likeness (QED) is 0.791. The van der Waals surface area contributed by atoms with E-state index in [1.807, 2.05) is 0 Å². The molecule has 0 aliphatic heterocycles. The van der Waals surface area contributed by atoms with Gasteiger partial charge in [0.25, 0.3) is 5.56 Å². The number of hydrogen-bond donors (Lipinski definition) is 2. The van der Waals surface area contributed by atoms with Crippen LogP contribution in [0.4, 0.5) is 4.39 Å². The van der Waals surface area contributed by atoms with E-state index in [1.165, 1.54) is 0 Å². The van der Waals surface area contributed by atoms with Crippen molar-refractivity contribution in [1.29, 1.82) is 0 Å². The molecule has 2 aromatic heterocycles. The van der Waals surface area contributed by atoms with Gasteiger partial charge >= 0.3 is 5.69 Å². The highest BCUT2D eigenvalue weighted by atomic mass is 19.1. The van der Waals surface area contributed by atoms with Gasteiger partial charge in [0.1, 0.15) is 11.5 Å². The first-order valence-corrected chi connectivity index (χ1v) is 4.76. The molecule has 0 aliphatic rings. The number of rotatable bonds is 2. The van der Waals surface area contributed by atoms with Gasteiger partial charge in [-0.15, -0.1) is 0 Å². The smallest absolute Gasteiger partial charge is 0.331 e. The molecular weight excluding hydrogens is 231 g/mol. The summed E-state index contributed by atoms with van der Waals surface area (Å²) in [5.74, 6) is -1.41. The first-order chi connectivity index (χ1) is 7.99. The molecule has 0 fully saturated rings. The lowest BCUT2D eigenvalue weighted by Crippen LogP contribution is -2.32. The third-order valence-corrected chi connectivity index (χ3v) is 2.23. The van der Waals surface area contributed by atoms with Crippen LogP contribution in [0.25, 0.3) is 0 Å². The Labute approximate surface area is 93.9 Å². The number of halogens is 1. The van der Waals surface area contributed by atoms with Crippen LogP contribution >= 0.6 is 0 Å². The van der Waals surface area contributed by atoms with Crippen LogP contribution in [0.5, 0.6) is 5.88 Å². The maximum atomic E-state index is 13.1. The highest BCUT2D eigenvalue weighted by Crippen LogP contribution is 2.12. The third kappa shape index (κ3) is 1.99. The predicted octanol–water partition coefficient (Wildman–Crippen LogP) is 0.331. The number of nitrogens with one attached hydrogen (secondary N) is 1. The highest BCUT2D eigenvalue weighted by molar-refractivity contribution is 5.13. The van der Waals surface area contributed by atoms with Crippen molar-refractivity contribution in [2.75, 3.05) is 0 Å².